The molecule has 6 nitrogen and oxygen atoms in total. The molecule has 0 spiro atoms. The second kappa shape index (κ2) is 10.1. The van der Waals surface area contributed by atoms with Crippen LogP contribution in [0.15, 0.2) is 72.3 Å². The average molecular weight is 431 g/mol. The van der Waals surface area contributed by atoms with Crippen LogP contribution in [-0.4, -0.2) is 42.8 Å². The number of hydrogen-bond acceptors (Lipinski definition) is 4. The maximum Gasteiger partial charge on any atom is 0.335 e. The molecular formula is C26H25NO5. The largest absolute Gasteiger partial charge is 0.488 e. The van der Waals surface area contributed by atoms with E-state index in [9.17, 15) is 9.59 Å². The Labute approximate surface area is 186 Å². The van der Waals surface area contributed by atoms with Crippen LogP contribution in [0.2, 0.25) is 0 Å². The summed E-state index contributed by atoms with van der Waals surface area (Å²) in [5.74, 6) is -0.528. The van der Waals surface area contributed by atoms with Crippen LogP contribution < -0.4 is 10.1 Å². The highest BCUT2D eigenvalue weighted by atomic mass is 16.5. The minimum atomic E-state index is -0.991. The van der Waals surface area contributed by atoms with Crippen LogP contribution in [0.4, 0.5) is 0 Å². The summed E-state index contributed by atoms with van der Waals surface area (Å²) in [5, 5.41) is 14.1. The minimum absolute atomic E-state index is 0.0361. The van der Waals surface area contributed by atoms with E-state index in [0.29, 0.717) is 17.9 Å². The molecule has 0 aliphatic carbocycles. The van der Waals surface area contributed by atoms with Crippen molar-refractivity contribution in [2.75, 3.05) is 19.8 Å². The zero-order valence-corrected chi connectivity index (χ0v) is 17.6. The van der Waals surface area contributed by atoms with Gasteiger partial charge in [-0.3, -0.25) is 4.79 Å². The lowest BCUT2D eigenvalue weighted by Gasteiger charge is -2.15. The van der Waals surface area contributed by atoms with Gasteiger partial charge in [0.2, 0.25) is 0 Å². The first-order chi connectivity index (χ1) is 15.6. The molecule has 6 heteroatoms. The van der Waals surface area contributed by atoms with Gasteiger partial charge in [-0.2, -0.15) is 0 Å². The van der Waals surface area contributed by atoms with Crippen LogP contribution in [0.5, 0.6) is 5.75 Å². The topological polar surface area (TPSA) is 84.9 Å². The minimum Gasteiger partial charge on any atom is -0.488 e. The quantitative estimate of drug-likeness (QED) is 0.520. The molecule has 1 aliphatic heterocycles. The molecule has 1 fully saturated rings. The number of rotatable bonds is 8. The Morgan fingerprint density at radius 2 is 1.84 bits per heavy atom. The predicted octanol–water partition coefficient (Wildman–Crippen LogP) is 4.30. The van der Waals surface area contributed by atoms with Crippen LogP contribution in [-0.2, 0) is 9.53 Å². The lowest BCUT2D eigenvalue weighted by molar-refractivity contribution is -0.118. The number of amides is 1. The van der Waals surface area contributed by atoms with Gasteiger partial charge in [-0.15, -0.1) is 0 Å². The van der Waals surface area contributed by atoms with Crippen LogP contribution in [0.3, 0.4) is 0 Å². The van der Waals surface area contributed by atoms with Crippen molar-refractivity contribution in [3.63, 3.8) is 0 Å². The maximum absolute atomic E-state index is 13.0. The Morgan fingerprint density at radius 3 is 2.59 bits per heavy atom. The van der Waals surface area contributed by atoms with Crippen LogP contribution in [0.1, 0.15) is 28.8 Å². The molecule has 1 unspecified atom stereocenters. The summed E-state index contributed by atoms with van der Waals surface area (Å²) in [6.45, 7) is 1.25. The molecule has 0 aromatic heterocycles. The molecular weight excluding hydrogens is 406 g/mol. The molecule has 1 heterocycles. The number of nitrogens with one attached hydrogen (secondary N) is 1. The highest BCUT2D eigenvalue weighted by molar-refractivity contribution is 5.98. The fourth-order valence-electron chi connectivity index (χ4n) is 3.70. The normalized spacial score (nSPS) is 16.1. The number of carbonyl (C=O) groups is 2. The van der Waals surface area contributed by atoms with Crippen LogP contribution in [0, 0.1) is 0 Å². The summed E-state index contributed by atoms with van der Waals surface area (Å²) in [5.41, 5.74) is 1.36. The van der Waals surface area contributed by atoms with Crippen molar-refractivity contribution in [3.05, 3.63) is 83.4 Å². The Balaban J connectivity index is 1.54. The Hall–Kier alpha value is -3.64. The first-order valence-corrected chi connectivity index (χ1v) is 10.6. The van der Waals surface area contributed by atoms with Crippen molar-refractivity contribution < 1.29 is 24.2 Å². The lowest BCUT2D eigenvalue weighted by Crippen LogP contribution is -2.34. The van der Waals surface area contributed by atoms with Gasteiger partial charge in [-0.1, -0.05) is 48.5 Å². The van der Waals surface area contributed by atoms with Crippen molar-refractivity contribution in [2.45, 2.75) is 18.9 Å². The number of ether oxygens (including phenoxy) is 2. The lowest BCUT2D eigenvalue weighted by atomic mass is 10.1. The molecule has 164 valence electrons. The fraction of sp³-hybridized carbons (Fsp3) is 0.231. The smallest absolute Gasteiger partial charge is 0.335 e. The van der Waals surface area contributed by atoms with Gasteiger partial charge in [0, 0.05) is 18.5 Å². The van der Waals surface area contributed by atoms with Crippen molar-refractivity contribution in [1.29, 1.82) is 0 Å². The number of aromatic carboxylic acids is 1. The van der Waals surface area contributed by atoms with E-state index >= 15 is 0 Å². The predicted molar refractivity (Wildman–Crippen MR) is 123 cm³/mol. The molecule has 3 aromatic carbocycles. The van der Waals surface area contributed by atoms with Gasteiger partial charge in [0.15, 0.2) is 0 Å². The molecule has 1 aliphatic rings. The highest BCUT2D eigenvalue weighted by Crippen LogP contribution is 2.25. The van der Waals surface area contributed by atoms with Gasteiger partial charge < -0.3 is 19.9 Å². The molecule has 1 saturated heterocycles. The molecule has 0 radical (unpaired) electrons. The number of fused-ring (bicyclic) bond motifs is 1. The molecule has 4 rings (SSSR count). The Kier molecular flexibility index (Phi) is 6.82. The van der Waals surface area contributed by atoms with Crippen LogP contribution >= 0.6 is 0 Å². The summed E-state index contributed by atoms with van der Waals surface area (Å²) >= 11 is 0. The second-order valence-corrected chi connectivity index (χ2v) is 7.71. The number of carboxylic acids is 1. The van der Waals surface area contributed by atoms with Crippen molar-refractivity contribution in [1.82, 2.24) is 5.32 Å². The van der Waals surface area contributed by atoms with E-state index in [0.717, 1.165) is 35.8 Å². The average Bonchev–Trinajstić information content (AvgIpc) is 3.34. The highest BCUT2D eigenvalue weighted by Gasteiger charge is 2.18. The van der Waals surface area contributed by atoms with Gasteiger partial charge in [0.25, 0.3) is 5.91 Å². The van der Waals surface area contributed by atoms with Gasteiger partial charge in [0.1, 0.15) is 12.4 Å². The first-order valence-electron chi connectivity index (χ1n) is 10.6. The SMILES string of the molecule is O=C(NCC1CCCO1)C(=Cc1ccc(C(=O)O)cc1)COc1cccc2ccccc12. The van der Waals surface area contributed by atoms with Crippen LogP contribution in [0.25, 0.3) is 16.8 Å². The van der Waals surface area contributed by atoms with Gasteiger partial charge in [-0.05, 0) is 48.1 Å². The van der Waals surface area contributed by atoms with E-state index in [1.54, 1.807) is 18.2 Å². The monoisotopic (exact) mass is 431 g/mol. The molecule has 32 heavy (non-hydrogen) atoms. The molecule has 0 saturated carbocycles. The number of hydrogen-bond donors (Lipinski definition) is 2. The molecule has 1 atom stereocenters. The molecule has 1 amide bonds. The summed E-state index contributed by atoms with van der Waals surface area (Å²) in [7, 11) is 0. The van der Waals surface area contributed by atoms with E-state index in [4.69, 9.17) is 14.6 Å². The maximum atomic E-state index is 13.0. The van der Waals surface area contributed by atoms with Crippen molar-refractivity contribution in [3.8, 4) is 5.75 Å². The van der Waals surface area contributed by atoms with Gasteiger partial charge in [-0.25, -0.2) is 4.79 Å². The number of benzene rings is 3. The van der Waals surface area contributed by atoms with Crippen molar-refractivity contribution >= 4 is 28.7 Å². The van der Waals surface area contributed by atoms with E-state index in [1.807, 2.05) is 42.5 Å². The molecule has 2 N–H and O–H groups in total. The third-order valence-corrected chi connectivity index (χ3v) is 5.44. The molecule has 3 aromatic rings. The fourth-order valence-corrected chi connectivity index (χ4v) is 3.70. The first kappa shape index (κ1) is 21.6. The van der Waals surface area contributed by atoms with E-state index in [1.165, 1.54) is 12.1 Å². The standard InChI is InChI=1S/C26H25NO5/c28-25(27-16-22-7-4-14-31-22)21(15-18-10-12-20(13-11-18)26(29)30)17-32-24-9-3-6-19-5-1-2-8-23(19)24/h1-3,5-6,8-13,15,22H,4,7,14,16-17H2,(H,27,28)(H,29,30). The summed E-state index contributed by atoms with van der Waals surface area (Å²) in [6.07, 6.45) is 3.70. The third-order valence-electron chi connectivity index (χ3n) is 5.44. The summed E-state index contributed by atoms with van der Waals surface area (Å²) in [4.78, 5) is 24.1. The second-order valence-electron chi connectivity index (χ2n) is 7.71. The molecule has 0 bridgehead atoms. The zero-order valence-electron chi connectivity index (χ0n) is 17.6. The summed E-state index contributed by atoms with van der Waals surface area (Å²) in [6, 6.07) is 20.1. The van der Waals surface area contributed by atoms with Gasteiger partial charge in [0.05, 0.1) is 17.2 Å². The Morgan fingerprint density at radius 1 is 1.06 bits per heavy atom. The van der Waals surface area contributed by atoms with Gasteiger partial charge >= 0.3 is 5.97 Å². The summed E-state index contributed by atoms with van der Waals surface area (Å²) < 4.78 is 11.6. The zero-order chi connectivity index (χ0) is 22.3. The number of carboxylic acid groups (broad SMARTS) is 1. The van der Waals surface area contributed by atoms with E-state index in [-0.39, 0.29) is 24.2 Å². The number of carbonyl (C=O) groups excluding carboxylic acids is 1. The third kappa shape index (κ3) is 5.34. The van der Waals surface area contributed by atoms with E-state index in [2.05, 4.69) is 5.32 Å². The van der Waals surface area contributed by atoms with E-state index < -0.39 is 5.97 Å². The van der Waals surface area contributed by atoms with Crippen molar-refractivity contribution in [2.24, 2.45) is 0 Å². The Bertz CT molecular complexity index is 1130.